The molecule has 4 nitrogen and oxygen atoms in total. The highest BCUT2D eigenvalue weighted by atomic mass is 35.5. The molecule has 1 amide bonds. The zero-order chi connectivity index (χ0) is 15.2. The average molecular weight is 306 g/mol. The van der Waals surface area contributed by atoms with Gasteiger partial charge >= 0.3 is 0 Å². The number of carbonyl (C=O) groups is 1. The van der Waals surface area contributed by atoms with Crippen LogP contribution in [0.1, 0.15) is 23.7 Å². The summed E-state index contributed by atoms with van der Waals surface area (Å²) in [5, 5.41) is 12.6. The summed E-state index contributed by atoms with van der Waals surface area (Å²) in [5.41, 5.74) is 0.862. The summed E-state index contributed by atoms with van der Waals surface area (Å²) < 4.78 is 5.56. The van der Waals surface area contributed by atoms with E-state index in [0.29, 0.717) is 28.6 Å². The Kier molecular flexibility index (Phi) is 5.06. The standard InChI is InChI=1S/C16H16ClNO3/c1-2-8-21-15-7-6-11(17)9-14(15)16(20)18-12-4-3-5-13(19)10-12/h3-7,9-10,19H,2,8H2,1H3,(H,18,20). The van der Waals surface area contributed by atoms with E-state index in [4.69, 9.17) is 16.3 Å². The SMILES string of the molecule is CCCOc1ccc(Cl)cc1C(=O)Nc1cccc(O)c1. The van der Waals surface area contributed by atoms with Gasteiger partial charge in [-0.3, -0.25) is 4.79 Å². The lowest BCUT2D eigenvalue weighted by Gasteiger charge is -2.12. The molecule has 0 unspecified atom stereocenters. The molecule has 110 valence electrons. The number of nitrogens with one attached hydrogen (secondary N) is 1. The van der Waals surface area contributed by atoms with E-state index in [1.165, 1.54) is 12.1 Å². The first-order valence-electron chi connectivity index (χ1n) is 6.63. The quantitative estimate of drug-likeness (QED) is 0.875. The Morgan fingerprint density at radius 1 is 1.29 bits per heavy atom. The van der Waals surface area contributed by atoms with Crippen molar-refractivity contribution in [3.63, 3.8) is 0 Å². The van der Waals surface area contributed by atoms with Crippen molar-refractivity contribution >= 4 is 23.2 Å². The summed E-state index contributed by atoms with van der Waals surface area (Å²) in [6, 6.07) is 11.3. The molecule has 2 N–H and O–H groups in total. The largest absolute Gasteiger partial charge is 0.508 e. The Labute approximate surface area is 128 Å². The summed E-state index contributed by atoms with van der Waals surface area (Å²) in [7, 11) is 0. The highest BCUT2D eigenvalue weighted by molar-refractivity contribution is 6.31. The molecular formula is C16H16ClNO3. The molecule has 2 rings (SSSR count). The number of carbonyl (C=O) groups excluding carboxylic acids is 1. The minimum absolute atomic E-state index is 0.0846. The number of anilines is 1. The molecule has 0 bridgehead atoms. The normalized spacial score (nSPS) is 10.2. The molecule has 0 saturated heterocycles. The van der Waals surface area contributed by atoms with Crippen molar-refractivity contribution in [3.8, 4) is 11.5 Å². The van der Waals surface area contributed by atoms with Crippen molar-refractivity contribution in [2.45, 2.75) is 13.3 Å². The number of hydrogen-bond acceptors (Lipinski definition) is 3. The molecule has 5 heteroatoms. The van der Waals surface area contributed by atoms with Gasteiger partial charge in [0.1, 0.15) is 11.5 Å². The number of benzene rings is 2. The number of amides is 1. The van der Waals surface area contributed by atoms with Gasteiger partial charge in [0.05, 0.1) is 12.2 Å². The molecule has 0 aliphatic heterocycles. The van der Waals surface area contributed by atoms with Crippen LogP contribution in [-0.4, -0.2) is 17.6 Å². The Morgan fingerprint density at radius 3 is 2.81 bits per heavy atom. The van der Waals surface area contributed by atoms with Crippen LogP contribution in [0.2, 0.25) is 5.02 Å². The van der Waals surface area contributed by atoms with E-state index in [1.807, 2.05) is 6.92 Å². The van der Waals surface area contributed by atoms with Gasteiger partial charge in [0.15, 0.2) is 0 Å². The molecule has 2 aromatic carbocycles. The average Bonchev–Trinajstić information content (AvgIpc) is 2.46. The number of hydrogen-bond donors (Lipinski definition) is 2. The van der Waals surface area contributed by atoms with Gasteiger partial charge in [-0.05, 0) is 36.8 Å². The fraction of sp³-hybridized carbons (Fsp3) is 0.188. The summed E-state index contributed by atoms with van der Waals surface area (Å²) in [4.78, 5) is 12.3. The summed E-state index contributed by atoms with van der Waals surface area (Å²) in [6.07, 6.45) is 0.843. The maximum absolute atomic E-state index is 12.3. The van der Waals surface area contributed by atoms with Crippen LogP contribution in [0.3, 0.4) is 0 Å². The second kappa shape index (κ2) is 6.99. The second-order valence-electron chi connectivity index (χ2n) is 4.49. The van der Waals surface area contributed by atoms with E-state index in [1.54, 1.807) is 30.3 Å². The number of halogens is 1. The molecular weight excluding hydrogens is 290 g/mol. The van der Waals surface area contributed by atoms with E-state index in [0.717, 1.165) is 6.42 Å². The first kappa shape index (κ1) is 15.2. The van der Waals surface area contributed by atoms with Crippen molar-refractivity contribution in [3.05, 3.63) is 53.1 Å². The van der Waals surface area contributed by atoms with E-state index >= 15 is 0 Å². The lowest BCUT2D eigenvalue weighted by molar-refractivity contribution is 0.102. The number of aromatic hydroxyl groups is 1. The van der Waals surface area contributed by atoms with Gasteiger partial charge < -0.3 is 15.2 Å². The van der Waals surface area contributed by atoms with Crippen molar-refractivity contribution in [1.82, 2.24) is 0 Å². The highest BCUT2D eigenvalue weighted by Gasteiger charge is 2.14. The van der Waals surface area contributed by atoms with Gasteiger partial charge in [0.25, 0.3) is 5.91 Å². The maximum atomic E-state index is 12.3. The predicted molar refractivity (Wildman–Crippen MR) is 83.3 cm³/mol. The topological polar surface area (TPSA) is 58.6 Å². The number of rotatable bonds is 5. The third-order valence-electron chi connectivity index (χ3n) is 2.75. The molecule has 0 aromatic heterocycles. The van der Waals surface area contributed by atoms with Crippen LogP contribution in [0.15, 0.2) is 42.5 Å². The van der Waals surface area contributed by atoms with Gasteiger partial charge in [-0.1, -0.05) is 24.6 Å². The zero-order valence-corrected chi connectivity index (χ0v) is 12.4. The van der Waals surface area contributed by atoms with Gasteiger partial charge in [-0.25, -0.2) is 0 Å². The van der Waals surface area contributed by atoms with Crippen LogP contribution >= 0.6 is 11.6 Å². The van der Waals surface area contributed by atoms with E-state index in [2.05, 4.69) is 5.32 Å². The molecule has 0 heterocycles. The Morgan fingerprint density at radius 2 is 2.10 bits per heavy atom. The monoisotopic (exact) mass is 305 g/mol. The van der Waals surface area contributed by atoms with Crippen LogP contribution in [-0.2, 0) is 0 Å². The lowest BCUT2D eigenvalue weighted by atomic mass is 10.1. The van der Waals surface area contributed by atoms with Crippen LogP contribution in [0, 0.1) is 0 Å². The summed E-state index contributed by atoms with van der Waals surface area (Å²) in [6.45, 7) is 2.51. The molecule has 0 aliphatic carbocycles. The smallest absolute Gasteiger partial charge is 0.259 e. The van der Waals surface area contributed by atoms with Crippen molar-refractivity contribution in [2.24, 2.45) is 0 Å². The molecule has 21 heavy (non-hydrogen) atoms. The Hall–Kier alpha value is -2.20. The number of phenolic OH excluding ortho intramolecular Hbond substituents is 1. The first-order valence-corrected chi connectivity index (χ1v) is 7.00. The summed E-state index contributed by atoms with van der Waals surface area (Å²) >= 11 is 5.95. The second-order valence-corrected chi connectivity index (χ2v) is 4.93. The van der Waals surface area contributed by atoms with E-state index < -0.39 is 0 Å². The van der Waals surface area contributed by atoms with Crippen molar-refractivity contribution < 1.29 is 14.6 Å². The first-order chi connectivity index (χ1) is 10.1. The van der Waals surface area contributed by atoms with Gasteiger partial charge in [0, 0.05) is 16.8 Å². The summed E-state index contributed by atoms with van der Waals surface area (Å²) in [5.74, 6) is 0.231. The van der Waals surface area contributed by atoms with E-state index in [9.17, 15) is 9.90 Å². The van der Waals surface area contributed by atoms with Gasteiger partial charge in [0.2, 0.25) is 0 Å². The van der Waals surface area contributed by atoms with Crippen molar-refractivity contribution in [2.75, 3.05) is 11.9 Å². The zero-order valence-electron chi connectivity index (χ0n) is 11.6. The lowest BCUT2D eigenvalue weighted by Crippen LogP contribution is -2.14. The molecule has 0 fully saturated rings. The third-order valence-corrected chi connectivity index (χ3v) is 2.99. The Balaban J connectivity index is 2.23. The molecule has 2 aromatic rings. The molecule has 0 radical (unpaired) electrons. The van der Waals surface area contributed by atoms with Crippen molar-refractivity contribution in [1.29, 1.82) is 0 Å². The van der Waals surface area contributed by atoms with Gasteiger partial charge in [-0.15, -0.1) is 0 Å². The third kappa shape index (κ3) is 4.13. The maximum Gasteiger partial charge on any atom is 0.259 e. The number of phenols is 1. The predicted octanol–water partition coefficient (Wildman–Crippen LogP) is 4.09. The molecule has 0 spiro atoms. The minimum atomic E-state index is -0.339. The fourth-order valence-corrected chi connectivity index (χ4v) is 1.97. The van der Waals surface area contributed by atoms with Crippen LogP contribution in [0.5, 0.6) is 11.5 Å². The highest BCUT2D eigenvalue weighted by Crippen LogP contribution is 2.25. The molecule has 0 saturated carbocycles. The van der Waals surface area contributed by atoms with Crippen LogP contribution in [0.25, 0.3) is 0 Å². The van der Waals surface area contributed by atoms with Gasteiger partial charge in [-0.2, -0.15) is 0 Å². The molecule has 0 aliphatic rings. The minimum Gasteiger partial charge on any atom is -0.508 e. The van der Waals surface area contributed by atoms with Crippen LogP contribution in [0.4, 0.5) is 5.69 Å². The number of ether oxygens (including phenoxy) is 1. The molecule has 0 atom stereocenters. The van der Waals surface area contributed by atoms with E-state index in [-0.39, 0.29) is 11.7 Å². The Bertz CT molecular complexity index is 643. The fourth-order valence-electron chi connectivity index (χ4n) is 1.80. The van der Waals surface area contributed by atoms with Crippen LogP contribution < -0.4 is 10.1 Å².